The molecule has 0 radical (unpaired) electrons. The van der Waals surface area contributed by atoms with Crippen molar-refractivity contribution in [2.24, 2.45) is 0 Å². The highest BCUT2D eigenvalue weighted by Crippen LogP contribution is 2.15. The Labute approximate surface area is 78.7 Å². The molecule has 72 valence electrons. The highest BCUT2D eigenvalue weighted by Gasteiger charge is 2.33. The average molecular weight is 181 g/mol. The van der Waals surface area contributed by atoms with Crippen molar-refractivity contribution in [1.82, 2.24) is 9.80 Å². The molecular formula is C9H15N3O. The Kier molecular flexibility index (Phi) is 2.89. The lowest BCUT2D eigenvalue weighted by atomic mass is 10.2. The number of likely N-dealkylation sites (N-methyl/N-ethyl adjacent to an activating group) is 2. The Morgan fingerprint density at radius 2 is 2.38 bits per heavy atom. The van der Waals surface area contributed by atoms with Gasteiger partial charge in [-0.05, 0) is 20.4 Å². The molecule has 1 saturated heterocycles. The Balaban J connectivity index is 2.64. The number of nitriles is 1. The van der Waals surface area contributed by atoms with Crippen molar-refractivity contribution in [3.8, 4) is 6.07 Å². The van der Waals surface area contributed by atoms with Crippen molar-refractivity contribution < 1.29 is 4.79 Å². The van der Waals surface area contributed by atoms with Crippen LogP contribution < -0.4 is 0 Å². The summed E-state index contributed by atoms with van der Waals surface area (Å²) in [5.41, 5.74) is 0. The Hall–Kier alpha value is -1.08. The van der Waals surface area contributed by atoms with Gasteiger partial charge >= 0.3 is 0 Å². The fraction of sp³-hybridized carbons (Fsp3) is 0.778. The highest BCUT2D eigenvalue weighted by atomic mass is 16.2. The van der Waals surface area contributed by atoms with Gasteiger partial charge in [-0.15, -0.1) is 0 Å². The molecule has 0 aliphatic carbocycles. The predicted octanol–water partition coefficient (Wildman–Crippen LogP) is 0.0610. The second-order valence-corrected chi connectivity index (χ2v) is 3.53. The fourth-order valence-electron chi connectivity index (χ4n) is 1.54. The third kappa shape index (κ3) is 1.81. The molecule has 0 saturated carbocycles. The molecule has 0 aromatic rings. The summed E-state index contributed by atoms with van der Waals surface area (Å²) in [6.45, 7) is 2.61. The van der Waals surface area contributed by atoms with E-state index in [1.165, 1.54) is 0 Å². The minimum Gasteiger partial charge on any atom is -0.344 e. The van der Waals surface area contributed by atoms with E-state index < -0.39 is 0 Å². The van der Waals surface area contributed by atoms with Crippen LogP contribution in [0, 0.1) is 11.3 Å². The topological polar surface area (TPSA) is 47.3 Å². The van der Waals surface area contributed by atoms with Crippen molar-refractivity contribution >= 4 is 5.91 Å². The first-order chi connectivity index (χ1) is 6.07. The van der Waals surface area contributed by atoms with Gasteiger partial charge in [-0.2, -0.15) is 5.26 Å². The maximum absolute atomic E-state index is 11.5. The lowest BCUT2D eigenvalue weighted by Gasteiger charge is -2.24. The average Bonchev–Trinajstić information content (AvgIpc) is 2.45. The summed E-state index contributed by atoms with van der Waals surface area (Å²) in [5, 5.41) is 8.70. The molecule has 1 amide bonds. The molecule has 4 nitrogen and oxygen atoms in total. The molecule has 0 aromatic heterocycles. The summed E-state index contributed by atoms with van der Waals surface area (Å²) in [4.78, 5) is 15.1. The van der Waals surface area contributed by atoms with E-state index in [-0.39, 0.29) is 18.0 Å². The van der Waals surface area contributed by atoms with Gasteiger partial charge in [0.25, 0.3) is 0 Å². The van der Waals surface area contributed by atoms with E-state index in [1.807, 2.05) is 18.9 Å². The quantitative estimate of drug-likeness (QED) is 0.605. The van der Waals surface area contributed by atoms with Crippen LogP contribution in [0.4, 0.5) is 0 Å². The van der Waals surface area contributed by atoms with Crippen LogP contribution in [0.1, 0.15) is 13.3 Å². The molecule has 4 heteroatoms. The second kappa shape index (κ2) is 3.75. The number of hydrogen-bond acceptors (Lipinski definition) is 3. The number of likely N-dealkylation sites (tertiary alicyclic amines) is 1. The van der Waals surface area contributed by atoms with Gasteiger partial charge in [-0.25, -0.2) is 0 Å². The van der Waals surface area contributed by atoms with Gasteiger partial charge in [0, 0.05) is 13.6 Å². The summed E-state index contributed by atoms with van der Waals surface area (Å²) in [7, 11) is 3.63. The summed E-state index contributed by atoms with van der Waals surface area (Å²) in [6, 6.07) is 1.84. The number of hydrogen-bond donors (Lipinski definition) is 0. The van der Waals surface area contributed by atoms with Gasteiger partial charge in [-0.3, -0.25) is 9.69 Å². The first-order valence-corrected chi connectivity index (χ1v) is 4.44. The molecule has 13 heavy (non-hydrogen) atoms. The molecule has 1 rings (SSSR count). The van der Waals surface area contributed by atoms with Crippen molar-refractivity contribution in [2.45, 2.75) is 25.4 Å². The zero-order valence-corrected chi connectivity index (χ0v) is 8.32. The third-order valence-corrected chi connectivity index (χ3v) is 2.69. The maximum Gasteiger partial charge on any atom is 0.239 e. The van der Waals surface area contributed by atoms with Gasteiger partial charge in [0.05, 0.1) is 18.2 Å². The number of rotatable bonds is 2. The standard InChI is InChI=1S/C9H15N3O/c1-7(6-10)12(3)8-4-5-11(2)9(8)13/h7-8H,4-5H2,1-3H3. The zero-order valence-electron chi connectivity index (χ0n) is 8.32. The van der Waals surface area contributed by atoms with Crippen molar-refractivity contribution in [1.29, 1.82) is 5.26 Å². The van der Waals surface area contributed by atoms with Crippen molar-refractivity contribution in [2.75, 3.05) is 20.6 Å². The van der Waals surface area contributed by atoms with Crippen LogP contribution in [0.2, 0.25) is 0 Å². The summed E-state index contributed by atoms with van der Waals surface area (Å²) in [5.74, 6) is 0.129. The third-order valence-electron chi connectivity index (χ3n) is 2.69. The van der Waals surface area contributed by atoms with Gasteiger partial charge in [0.15, 0.2) is 0 Å². The zero-order chi connectivity index (χ0) is 10.0. The molecule has 1 aliphatic rings. The summed E-state index contributed by atoms with van der Waals surface area (Å²) in [6.07, 6.45) is 0.831. The number of amides is 1. The van der Waals surface area contributed by atoms with E-state index in [0.29, 0.717) is 0 Å². The maximum atomic E-state index is 11.5. The molecule has 1 aliphatic heterocycles. The highest BCUT2D eigenvalue weighted by molar-refractivity contribution is 5.83. The Morgan fingerprint density at radius 3 is 2.77 bits per heavy atom. The minimum absolute atomic E-state index is 0.0975. The van der Waals surface area contributed by atoms with Gasteiger partial charge < -0.3 is 4.90 Å². The largest absolute Gasteiger partial charge is 0.344 e. The lowest BCUT2D eigenvalue weighted by Crippen LogP contribution is -2.42. The van der Waals surface area contributed by atoms with Crippen LogP contribution in [0.5, 0.6) is 0 Å². The van der Waals surface area contributed by atoms with Gasteiger partial charge in [0.2, 0.25) is 5.91 Å². The monoisotopic (exact) mass is 181 g/mol. The van der Waals surface area contributed by atoms with Crippen LogP contribution in [0.3, 0.4) is 0 Å². The molecular weight excluding hydrogens is 166 g/mol. The first-order valence-electron chi connectivity index (χ1n) is 4.44. The van der Waals surface area contributed by atoms with E-state index in [0.717, 1.165) is 13.0 Å². The molecule has 1 heterocycles. The van der Waals surface area contributed by atoms with E-state index in [4.69, 9.17) is 5.26 Å². The Morgan fingerprint density at radius 1 is 1.77 bits per heavy atom. The van der Waals surface area contributed by atoms with Crippen LogP contribution in [0.15, 0.2) is 0 Å². The van der Waals surface area contributed by atoms with Crippen LogP contribution >= 0.6 is 0 Å². The van der Waals surface area contributed by atoms with Crippen LogP contribution in [0.25, 0.3) is 0 Å². The molecule has 0 aromatic carbocycles. The van der Waals surface area contributed by atoms with Gasteiger partial charge in [0.1, 0.15) is 0 Å². The van der Waals surface area contributed by atoms with Crippen molar-refractivity contribution in [3.05, 3.63) is 0 Å². The SMILES string of the molecule is CC(C#N)N(C)C1CCN(C)C1=O. The number of nitrogens with zero attached hydrogens (tertiary/aromatic N) is 3. The van der Waals surface area contributed by atoms with E-state index in [9.17, 15) is 4.79 Å². The van der Waals surface area contributed by atoms with Crippen LogP contribution in [-0.2, 0) is 4.79 Å². The van der Waals surface area contributed by atoms with E-state index in [1.54, 1.807) is 11.9 Å². The first kappa shape index (κ1) is 10.0. The predicted molar refractivity (Wildman–Crippen MR) is 48.9 cm³/mol. The number of carbonyl (C=O) groups is 1. The normalized spacial score (nSPS) is 25.0. The minimum atomic E-state index is -0.194. The van der Waals surface area contributed by atoms with Gasteiger partial charge in [-0.1, -0.05) is 0 Å². The molecule has 1 fully saturated rings. The van der Waals surface area contributed by atoms with E-state index >= 15 is 0 Å². The molecule has 0 spiro atoms. The molecule has 0 bridgehead atoms. The van der Waals surface area contributed by atoms with Crippen molar-refractivity contribution in [3.63, 3.8) is 0 Å². The summed E-state index contributed by atoms with van der Waals surface area (Å²) >= 11 is 0. The van der Waals surface area contributed by atoms with Crippen LogP contribution in [-0.4, -0.2) is 48.4 Å². The fourth-order valence-corrected chi connectivity index (χ4v) is 1.54. The second-order valence-electron chi connectivity index (χ2n) is 3.53. The lowest BCUT2D eigenvalue weighted by molar-refractivity contribution is -0.130. The number of carbonyl (C=O) groups excluding carboxylic acids is 1. The van der Waals surface area contributed by atoms with E-state index in [2.05, 4.69) is 6.07 Å². The molecule has 2 unspecified atom stereocenters. The molecule has 0 N–H and O–H groups in total. The molecule has 2 atom stereocenters. The Bertz CT molecular complexity index is 246. The smallest absolute Gasteiger partial charge is 0.239 e. The summed E-state index contributed by atoms with van der Waals surface area (Å²) < 4.78 is 0.